The first-order chi connectivity index (χ1) is 19.8. The minimum absolute atomic E-state index is 0.0312. The lowest BCUT2D eigenvalue weighted by molar-refractivity contribution is -0.150. The summed E-state index contributed by atoms with van der Waals surface area (Å²) in [6.45, 7) is -0.0540. The van der Waals surface area contributed by atoms with Crippen molar-refractivity contribution in [1.29, 1.82) is 0 Å². The molecule has 5 rings (SSSR count). The number of anilines is 2. The predicted molar refractivity (Wildman–Crippen MR) is 141 cm³/mol. The first kappa shape index (κ1) is 27.4. The van der Waals surface area contributed by atoms with E-state index in [1.165, 1.54) is 29.2 Å². The highest BCUT2D eigenvalue weighted by Gasteiger charge is 2.39. The number of aromatic amines is 1. The lowest BCUT2D eigenvalue weighted by atomic mass is 10.1. The Morgan fingerprint density at radius 2 is 1.88 bits per heavy atom. The standard InChI is InChI=1S/C28H23FN4O8/c29-21-11-10-19(14-20(21)27(37)40-15-16-4-2-1-3-5-16)33-12-13-39-23(26(33)36)22(34)25(35)30-18-8-6-17(7-9-18)24-31-28(38)41-32-24/h1-11,14,22-23,34H,12-13,15H2,(H,30,35)(H,31,32,38)/t22-,23-/m1/s1. The number of aromatic nitrogens is 2. The predicted octanol–water partition coefficient (Wildman–Crippen LogP) is 2.26. The highest BCUT2D eigenvalue weighted by Crippen LogP contribution is 2.25. The lowest BCUT2D eigenvalue weighted by Crippen LogP contribution is -2.55. The van der Waals surface area contributed by atoms with Gasteiger partial charge in [0.15, 0.2) is 18.0 Å². The van der Waals surface area contributed by atoms with Crippen LogP contribution >= 0.6 is 0 Å². The number of esters is 1. The molecular formula is C28H23FN4O8. The van der Waals surface area contributed by atoms with Crippen molar-refractivity contribution in [3.8, 4) is 11.4 Å². The molecule has 0 radical (unpaired) electrons. The van der Waals surface area contributed by atoms with Crippen molar-refractivity contribution >= 4 is 29.2 Å². The van der Waals surface area contributed by atoms with E-state index < -0.39 is 41.6 Å². The number of amides is 2. The number of carbonyl (C=O) groups is 3. The van der Waals surface area contributed by atoms with Gasteiger partial charge in [-0.15, -0.1) is 0 Å². The van der Waals surface area contributed by atoms with Gasteiger partial charge in [-0.25, -0.2) is 14.0 Å². The molecule has 3 aromatic carbocycles. The number of rotatable bonds is 8. The summed E-state index contributed by atoms with van der Waals surface area (Å²) in [4.78, 5) is 53.3. The van der Waals surface area contributed by atoms with Crippen molar-refractivity contribution in [2.45, 2.75) is 18.8 Å². The third-order valence-corrected chi connectivity index (χ3v) is 6.24. The Hall–Kier alpha value is -5.14. The van der Waals surface area contributed by atoms with E-state index in [2.05, 4.69) is 20.0 Å². The van der Waals surface area contributed by atoms with Gasteiger partial charge in [-0.1, -0.05) is 35.5 Å². The lowest BCUT2D eigenvalue weighted by Gasteiger charge is -2.34. The number of aliphatic hydroxyl groups excluding tert-OH is 1. The van der Waals surface area contributed by atoms with E-state index >= 15 is 0 Å². The number of aliphatic hydroxyl groups is 1. The first-order valence-electron chi connectivity index (χ1n) is 12.4. The molecule has 1 aliphatic rings. The number of nitrogens with one attached hydrogen (secondary N) is 2. The fourth-order valence-corrected chi connectivity index (χ4v) is 4.15. The van der Waals surface area contributed by atoms with Crippen LogP contribution in [0.5, 0.6) is 0 Å². The SMILES string of the molecule is O=C(OCc1ccccc1)c1cc(N2CCO[C@H]([C@@H](O)C(=O)Nc3ccc(-c4noc(=O)[nH]4)cc3)C2=O)ccc1F. The van der Waals surface area contributed by atoms with Crippen molar-refractivity contribution in [2.75, 3.05) is 23.4 Å². The number of H-pyrrole nitrogens is 1. The van der Waals surface area contributed by atoms with E-state index in [0.29, 0.717) is 11.3 Å². The van der Waals surface area contributed by atoms with Gasteiger partial charge in [-0.3, -0.25) is 19.1 Å². The maximum Gasteiger partial charge on any atom is 0.439 e. The van der Waals surface area contributed by atoms with Gasteiger partial charge in [0.25, 0.3) is 11.8 Å². The van der Waals surface area contributed by atoms with E-state index in [9.17, 15) is 28.7 Å². The molecule has 0 spiro atoms. The van der Waals surface area contributed by atoms with Gasteiger partial charge in [-0.2, -0.15) is 0 Å². The minimum atomic E-state index is -1.88. The van der Waals surface area contributed by atoms with Crippen LogP contribution in [-0.2, 0) is 25.7 Å². The average molecular weight is 563 g/mol. The van der Waals surface area contributed by atoms with E-state index in [0.717, 1.165) is 11.6 Å². The molecule has 1 aliphatic heterocycles. The van der Waals surface area contributed by atoms with Crippen LogP contribution in [0.2, 0.25) is 0 Å². The van der Waals surface area contributed by atoms with Gasteiger partial charge in [0.2, 0.25) is 0 Å². The monoisotopic (exact) mass is 562 g/mol. The zero-order valence-corrected chi connectivity index (χ0v) is 21.3. The molecule has 13 heteroatoms. The molecule has 4 aromatic rings. The highest BCUT2D eigenvalue weighted by atomic mass is 19.1. The molecule has 41 heavy (non-hydrogen) atoms. The molecular weight excluding hydrogens is 539 g/mol. The topological polar surface area (TPSA) is 164 Å². The van der Waals surface area contributed by atoms with Crippen LogP contribution in [0, 0.1) is 5.82 Å². The number of ether oxygens (including phenoxy) is 2. The molecule has 0 unspecified atom stereocenters. The molecule has 0 aliphatic carbocycles. The third-order valence-electron chi connectivity index (χ3n) is 6.24. The van der Waals surface area contributed by atoms with Crippen molar-refractivity contribution in [3.05, 3.63) is 100 Å². The quantitative estimate of drug-likeness (QED) is 0.273. The van der Waals surface area contributed by atoms with Crippen molar-refractivity contribution in [2.24, 2.45) is 0 Å². The molecule has 12 nitrogen and oxygen atoms in total. The van der Waals surface area contributed by atoms with Crippen LogP contribution < -0.4 is 16.0 Å². The third kappa shape index (κ3) is 6.21. The summed E-state index contributed by atoms with van der Waals surface area (Å²) in [6.07, 6.45) is -3.44. The van der Waals surface area contributed by atoms with E-state index in [4.69, 9.17) is 9.47 Å². The van der Waals surface area contributed by atoms with E-state index in [1.54, 1.807) is 36.4 Å². The van der Waals surface area contributed by atoms with Crippen molar-refractivity contribution < 1.29 is 37.9 Å². The molecule has 0 saturated carbocycles. The molecule has 0 bridgehead atoms. The Labute approximate surface area is 231 Å². The molecule has 2 atom stereocenters. The van der Waals surface area contributed by atoms with Gasteiger partial charge in [0.05, 0.1) is 12.2 Å². The number of halogens is 1. The van der Waals surface area contributed by atoms with Gasteiger partial charge in [0.1, 0.15) is 12.4 Å². The number of carbonyl (C=O) groups excluding carboxylic acids is 3. The normalized spacial score (nSPS) is 15.8. The summed E-state index contributed by atoms with van der Waals surface area (Å²) in [5, 5.41) is 16.7. The Morgan fingerprint density at radius 1 is 1.12 bits per heavy atom. The van der Waals surface area contributed by atoms with Crippen LogP contribution in [-0.4, -0.2) is 58.4 Å². The molecule has 3 N–H and O–H groups in total. The van der Waals surface area contributed by atoms with Gasteiger partial charge < -0.3 is 24.8 Å². The zero-order chi connectivity index (χ0) is 28.9. The number of benzene rings is 3. The maximum atomic E-state index is 14.5. The van der Waals surface area contributed by atoms with Crippen LogP contribution in [0.25, 0.3) is 11.4 Å². The largest absolute Gasteiger partial charge is 0.457 e. The number of hydrogen-bond donors (Lipinski definition) is 3. The molecule has 2 heterocycles. The number of hydrogen-bond acceptors (Lipinski definition) is 9. The van der Waals surface area contributed by atoms with E-state index in [1.807, 2.05) is 6.07 Å². The molecule has 1 saturated heterocycles. The summed E-state index contributed by atoms with van der Waals surface area (Å²) in [7, 11) is 0. The Kier molecular flexibility index (Phi) is 7.99. The van der Waals surface area contributed by atoms with Gasteiger partial charge in [-0.05, 0) is 48.0 Å². The van der Waals surface area contributed by atoms with Crippen molar-refractivity contribution in [1.82, 2.24) is 10.1 Å². The molecule has 210 valence electrons. The second-order valence-electron chi connectivity index (χ2n) is 8.96. The fourth-order valence-electron chi connectivity index (χ4n) is 4.15. The summed E-state index contributed by atoms with van der Waals surface area (Å²) >= 11 is 0. The van der Waals surface area contributed by atoms with Crippen LogP contribution in [0.15, 0.2) is 82.1 Å². The van der Waals surface area contributed by atoms with Gasteiger partial charge >= 0.3 is 11.7 Å². The number of nitrogens with zero attached hydrogens (tertiary/aromatic N) is 2. The summed E-state index contributed by atoms with van der Waals surface area (Å²) in [6, 6.07) is 18.5. The summed E-state index contributed by atoms with van der Waals surface area (Å²) < 4.78 is 29.6. The molecule has 2 amide bonds. The average Bonchev–Trinajstić information content (AvgIpc) is 3.43. The first-order valence-corrected chi connectivity index (χ1v) is 12.4. The highest BCUT2D eigenvalue weighted by molar-refractivity contribution is 6.04. The zero-order valence-electron chi connectivity index (χ0n) is 21.3. The van der Waals surface area contributed by atoms with Crippen LogP contribution in [0.3, 0.4) is 0 Å². The number of morpholine rings is 1. The second kappa shape index (κ2) is 11.9. The summed E-state index contributed by atoms with van der Waals surface area (Å²) in [5.74, 6) is -3.92. The van der Waals surface area contributed by atoms with Crippen molar-refractivity contribution in [3.63, 3.8) is 0 Å². The maximum absolute atomic E-state index is 14.5. The van der Waals surface area contributed by atoms with Crippen LogP contribution in [0.4, 0.5) is 15.8 Å². The minimum Gasteiger partial charge on any atom is -0.457 e. The van der Waals surface area contributed by atoms with Crippen LogP contribution in [0.1, 0.15) is 15.9 Å². The molecule has 1 fully saturated rings. The van der Waals surface area contributed by atoms with E-state index in [-0.39, 0.29) is 36.8 Å². The van der Waals surface area contributed by atoms with Gasteiger partial charge in [0, 0.05) is 23.5 Å². The molecule has 1 aromatic heterocycles. The smallest absolute Gasteiger partial charge is 0.439 e. The summed E-state index contributed by atoms with van der Waals surface area (Å²) in [5.41, 5.74) is 1.33. The Morgan fingerprint density at radius 3 is 2.59 bits per heavy atom. The Balaban J connectivity index is 1.24. The second-order valence-corrected chi connectivity index (χ2v) is 8.96. The Bertz CT molecular complexity index is 1620. The fraction of sp³-hybridized carbons (Fsp3) is 0.179.